The van der Waals surface area contributed by atoms with Crippen LogP contribution in [0.1, 0.15) is 29.4 Å². The SMILES string of the molecule is CCOc1ccccc1C(=O)NCc1coc(-c2ccc(OCCCOC(F)F)cc2)n1. The van der Waals surface area contributed by atoms with Gasteiger partial charge in [-0.05, 0) is 43.3 Å². The van der Waals surface area contributed by atoms with Gasteiger partial charge in [0.15, 0.2) is 0 Å². The predicted octanol–water partition coefficient (Wildman–Crippen LogP) is 4.68. The quantitative estimate of drug-likeness (QED) is 0.407. The third-order valence-corrected chi connectivity index (χ3v) is 4.32. The number of carbonyl (C=O) groups excluding carboxylic acids is 1. The summed E-state index contributed by atoms with van der Waals surface area (Å²) in [6, 6.07) is 14.1. The summed E-state index contributed by atoms with van der Waals surface area (Å²) in [7, 11) is 0. The second-order valence-electron chi connectivity index (χ2n) is 6.61. The van der Waals surface area contributed by atoms with E-state index < -0.39 is 6.61 Å². The molecule has 0 aliphatic rings. The van der Waals surface area contributed by atoms with Gasteiger partial charge in [-0.3, -0.25) is 4.79 Å². The highest BCUT2D eigenvalue weighted by atomic mass is 19.3. The number of alkyl halides is 2. The monoisotopic (exact) mass is 446 g/mol. The molecule has 1 N–H and O–H groups in total. The van der Waals surface area contributed by atoms with Crippen molar-refractivity contribution < 1.29 is 32.2 Å². The van der Waals surface area contributed by atoms with Gasteiger partial charge in [-0.15, -0.1) is 0 Å². The molecule has 0 saturated heterocycles. The Kier molecular flexibility index (Phi) is 8.56. The maximum Gasteiger partial charge on any atom is 0.345 e. The molecular formula is C23H24F2N2O5. The molecule has 0 radical (unpaired) electrons. The Morgan fingerprint density at radius 1 is 1.09 bits per heavy atom. The predicted molar refractivity (Wildman–Crippen MR) is 113 cm³/mol. The van der Waals surface area contributed by atoms with E-state index in [0.717, 1.165) is 5.56 Å². The maximum absolute atomic E-state index is 12.5. The lowest BCUT2D eigenvalue weighted by Crippen LogP contribution is -2.23. The van der Waals surface area contributed by atoms with Crippen LogP contribution in [0.3, 0.4) is 0 Å². The molecule has 9 heteroatoms. The van der Waals surface area contributed by atoms with Crippen LogP contribution in [-0.2, 0) is 11.3 Å². The summed E-state index contributed by atoms with van der Waals surface area (Å²) in [5, 5.41) is 2.81. The van der Waals surface area contributed by atoms with Crippen molar-refractivity contribution in [3.8, 4) is 23.0 Å². The van der Waals surface area contributed by atoms with Gasteiger partial charge in [0.1, 0.15) is 17.8 Å². The van der Waals surface area contributed by atoms with Crippen molar-refractivity contribution in [2.75, 3.05) is 19.8 Å². The minimum Gasteiger partial charge on any atom is -0.494 e. The van der Waals surface area contributed by atoms with Crippen LogP contribution >= 0.6 is 0 Å². The van der Waals surface area contributed by atoms with E-state index in [9.17, 15) is 13.6 Å². The number of rotatable bonds is 12. The summed E-state index contributed by atoms with van der Waals surface area (Å²) in [5.41, 5.74) is 1.76. The summed E-state index contributed by atoms with van der Waals surface area (Å²) in [4.78, 5) is 16.9. The van der Waals surface area contributed by atoms with Crippen LogP contribution in [0.2, 0.25) is 0 Å². The third kappa shape index (κ3) is 6.78. The van der Waals surface area contributed by atoms with Crippen molar-refractivity contribution in [2.45, 2.75) is 26.5 Å². The molecule has 0 fully saturated rings. The normalized spacial score (nSPS) is 10.9. The number of nitrogens with one attached hydrogen (secondary N) is 1. The molecule has 0 aliphatic carbocycles. The molecule has 32 heavy (non-hydrogen) atoms. The van der Waals surface area contributed by atoms with Crippen molar-refractivity contribution in [3.05, 3.63) is 66.1 Å². The molecule has 1 aromatic heterocycles. The molecule has 0 bridgehead atoms. The Morgan fingerprint density at radius 3 is 2.62 bits per heavy atom. The Morgan fingerprint density at radius 2 is 1.88 bits per heavy atom. The highest BCUT2D eigenvalue weighted by Gasteiger charge is 2.13. The van der Waals surface area contributed by atoms with Crippen molar-refractivity contribution >= 4 is 5.91 Å². The van der Waals surface area contributed by atoms with Gasteiger partial charge in [-0.2, -0.15) is 8.78 Å². The molecule has 3 aromatic rings. The Bertz CT molecular complexity index is 992. The molecule has 2 aromatic carbocycles. The molecule has 0 atom stereocenters. The zero-order valence-electron chi connectivity index (χ0n) is 17.6. The fourth-order valence-corrected chi connectivity index (χ4v) is 2.84. The van der Waals surface area contributed by atoms with Crippen LogP contribution in [0.15, 0.2) is 59.2 Å². The standard InChI is InChI=1S/C23H24F2N2O5/c1-2-29-20-7-4-3-6-19(20)21(28)26-14-17-15-32-22(27-17)16-8-10-18(11-9-16)30-12-5-13-31-23(24)25/h3-4,6-11,15,23H,2,5,12-14H2,1H3,(H,26,28). The topological polar surface area (TPSA) is 82.8 Å². The molecule has 1 amide bonds. The van der Waals surface area contributed by atoms with Crippen LogP contribution in [0.4, 0.5) is 8.78 Å². The molecule has 3 rings (SSSR count). The molecule has 1 heterocycles. The second-order valence-corrected chi connectivity index (χ2v) is 6.61. The average Bonchev–Trinajstić information content (AvgIpc) is 3.27. The van der Waals surface area contributed by atoms with E-state index in [-0.39, 0.29) is 25.7 Å². The largest absolute Gasteiger partial charge is 0.494 e. The zero-order valence-corrected chi connectivity index (χ0v) is 17.6. The lowest BCUT2D eigenvalue weighted by molar-refractivity contribution is -0.130. The van der Waals surface area contributed by atoms with Crippen LogP contribution in [-0.4, -0.2) is 37.3 Å². The summed E-state index contributed by atoms with van der Waals surface area (Å²) in [5.74, 6) is 1.26. The number of aromatic nitrogens is 1. The minimum atomic E-state index is -2.76. The summed E-state index contributed by atoms with van der Waals surface area (Å²) < 4.78 is 44.4. The molecule has 0 aliphatic heterocycles. The Labute approximate surface area is 184 Å². The number of hydrogen-bond donors (Lipinski definition) is 1. The number of amides is 1. The number of nitrogens with zero attached hydrogens (tertiary/aromatic N) is 1. The zero-order chi connectivity index (χ0) is 22.8. The number of carbonyl (C=O) groups is 1. The molecule has 0 saturated carbocycles. The van der Waals surface area contributed by atoms with Crippen molar-refractivity contribution in [1.29, 1.82) is 0 Å². The van der Waals surface area contributed by atoms with Gasteiger partial charge in [0.05, 0.1) is 37.6 Å². The van der Waals surface area contributed by atoms with Crippen LogP contribution < -0.4 is 14.8 Å². The molecule has 170 valence electrons. The molecule has 7 nitrogen and oxygen atoms in total. The van der Waals surface area contributed by atoms with Gasteiger partial charge in [-0.1, -0.05) is 12.1 Å². The van der Waals surface area contributed by atoms with E-state index in [1.165, 1.54) is 6.26 Å². The van der Waals surface area contributed by atoms with E-state index in [1.807, 2.05) is 13.0 Å². The molecule has 0 spiro atoms. The number of halogens is 2. The lowest BCUT2D eigenvalue weighted by Gasteiger charge is -2.09. The van der Waals surface area contributed by atoms with Gasteiger partial charge in [0, 0.05) is 12.0 Å². The van der Waals surface area contributed by atoms with E-state index in [1.54, 1.807) is 42.5 Å². The van der Waals surface area contributed by atoms with E-state index in [4.69, 9.17) is 13.9 Å². The highest BCUT2D eigenvalue weighted by molar-refractivity contribution is 5.96. The number of hydrogen-bond acceptors (Lipinski definition) is 6. The fourth-order valence-electron chi connectivity index (χ4n) is 2.84. The number of ether oxygens (including phenoxy) is 3. The van der Waals surface area contributed by atoms with Crippen molar-refractivity contribution in [2.24, 2.45) is 0 Å². The number of oxazole rings is 1. The Hall–Kier alpha value is -3.46. The van der Waals surface area contributed by atoms with E-state index in [0.29, 0.717) is 41.7 Å². The average molecular weight is 446 g/mol. The smallest absolute Gasteiger partial charge is 0.345 e. The van der Waals surface area contributed by atoms with Crippen LogP contribution in [0, 0.1) is 0 Å². The lowest BCUT2D eigenvalue weighted by atomic mass is 10.2. The van der Waals surface area contributed by atoms with Crippen molar-refractivity contribution in [3.63, 3.8) is 0 Å². The first-order chi connectivity index (χ1) is 15.6. The summed E-state index contributed by atoms with van der Waals surface area (Å²) in [6.45, 7) is -0.0437. The van der Waals surface area contributed by atoms with Gasteiger partial charge in [0.25, 0.3) is 5.91 Å². The van der Waals surface area contributed by atoms with Crippen LogP contribution in [0.5, 0.6) is 11.5 Å². The third-order valence-electron chi connectivity index (χ3n) is 4.32. The van der Waals surface area contributed by atoms with Gasteiger partial charge in [-0.25, -0.2) is 4.98 Å². The first-order valence-corrected chi connectivity index (χ1v) is 10.1. The molecule has 0 unspecified atom stereocenters. The fraction of sp³-hybridized carbons (Fsp3) is 0.304. The van der Waals surface area contributed by atoms with Gasteiger partial charge >= 0.3 is 6.61 Å². The van der Waals surface area contributed by atoms with Gasteiger partial charge in [0.2, 0.25) is 5.89 Å². The van der Waals surface area contributed by atoms with E-state index >= 15 is 0 Å². The summed E-state index contributed by atoms with van der Waals surface area (Å²) >= 11 is 0. The van der Waals surface area contributed by atoms with Crippen molar-refractivity contribution in [1.82, 2.24) is 10.3 Å². The van der Waals surface area contributed by atoms with E-state index in [2.05, 4.69) is 15.0 Å². The van der Waals surface area contributed by atoms with Gasteiger partial charge < -0.3 is 23.9 Å². The Balaban J connectivity index is 1.51. The maximum atomic E-state index is 12.5. The number of para-hydroxylation sites is 1. The summed E-state index contributed by atoms with van der Waals surface area (Å²) in [6.07, 6.45) is 1.84. The highest BCUT2D eigenvalue weighted by Crippen LogP contribution is 2.22. The minimum absolute atomic E-state index is 0.0669. The second kappa shape index (κ2) is 11.8. The first-order valence-electron chi connectivity index (χ1n) is 10.1. The molecular weight excluding hydrogens is 422 g/mol. The number of benzene rings is 2. The van der Waals surface area contributed by atoms with Crippen LogP contribution in [0.25, 0.3) is 11.5 Å². The first kappa shape index (κ1) is 23.2.